The highest BCUT2D eigenvalue weighted by atomic mass is 15.2. The molecule has 0 spiro atoms. The topological polar surface area (TPSA) is 6.48 Å². The first-order valence-electron chi connectivity index (χ1n) is 7.87. The fourth-order valence-corrected chi connectivity index (χ4v) is 3.48. The van der Waals surface area contributed by atoms with Crippen molar-refractivity contribution in [3.63, 3.8) is 0 Å². The van der Waals surface area contributed by atoms with E-state index in [1.807, 2.05) is 0 Å². The summed E-state index contributed by atoms with van der Waals surface area (Å²) in [5, 5.41) is 0. The van der Waals surface area contributed by atoms with Gasteiger partial charge in [-0.15, -0.1) is 0 Å². The molecule has 0 aromatic heterocycles. The van der Waals surface area contributed by atoms with Gasteiger partial charge in [-0.3, -0.25) is 0 Å². The molecule has 18 heavy (non-hydrogen) atoms. The summed E-state index contributed by atoms with van der Waals surface area (Å²) in [6, 6.07) is 1.81. The normalized spacial score (nSPS) is 29.3. The summed E-state index contributed by atoms with van der Waals surface area (Å²) in [7, 11) is 4.62. The van der Waals surface area contributed by atoms with Gasteiger partial charge in [-0.25, -0.2) is 0 Å². The first-order chi connectivity index (χ1) is 8.47. The molecule has 3 unspecified atom stereocenters. The molecule has 2 aliphatic carbocycles. The van der Waals surface area contributed by atoms with Gasteiger partial charge in [0, 0.05) is 25.2 Å². The van der Waals surface area contributed by atoms with Crippen molar-refractivity contribution >= 4 is 0 Å². The van der Waals surface area contributed by atoms with Crippen molar-refractivity contribution in [1.29, 1.82) is 0 Å². The molecule has 2 fully saturated rings. The summed E-state index contributed by atoms with van der Waals surface area (Å²) in [4.78, 5) is 5.17. The van der Waals surface area contributed by atoms with Crippen molar-refractivity contribution in [2.75, 3.05) is 27.2 Å². The van der Waals surface area contributed by atoms with Crippen LogP contribution in [-0.4, -0.2) is 49.1 Å². The maximum Gasteiger partial charge on any atom is 0.0124 e. The Morgan fingerprint density at radius 3 is 2.22 bits per heavy atom. The molecule has 2 heteroatoms. The zero-order chi connectivity index (χ0) is 13.3. The zero-order valence-corrected chi connectivity index (χ0v) is 13.0. The van der Waals surface area contributed by atoms with Crippen LogP contribution in [-0.2, 0) is 0 Å². The van der Waals surface area contributed by atoms with Crippen molar-refractivity contribution in [2.24, 2.45) is 17.8 Å². The highest BCUT2D eigenvalue weighted by Crippen LogP contribution is 2.40. The molecular weight excluding hydrogens is 220 g/mol. The minimum atomic E-state index is 0.801. The van der Waals surface area contributed by atoms with E-state index >= 15 is 0 Å². The Bertz CT molecular complexity index is 260. The van der Waals surface area contributed by atoms with Gasteiger partial charge in [-0.2, -0.15) is 0 Å². The first-order valence-corrected chi connectivity index (χ1v) is 7.87. The van der Waals surface area contributed by atoms with Crippen molar-refractivity contribution in [3.8, 4) is 0 Å². The van der Waals surface area contributed by atoms with Crippen LogP contribution >= 0.6 is 0 Å². The van der Waals surface area contributed by atoms with Crippen molar-refractivity contribution in [3.05, 3.63) is 0 Å². The second-order valence-corrected chi connectivity index (χ2v) is 7.41. The van der Waals surface area contributed by atoms with E-state index in [2.05, 4.69) is 44.7 Å². The molecule has 0 saturated heterocycles. The predicted octanol–water partition coefficient (Wildman–Crippen LogP) is 3.08. The average molecular weight is 252 g/mol. The van der Waals surface area contributed by atoms with E-state index in [0.717, 1.165) is 29.8 Å². The maximum atomic E-state index is 2.59. The van der Waals surface area contributed by atoms with Gasteiger partial charge in [-0.1, -0.05) is 20.8 Å². The van der Waals surface area contributed by atoms with Gasteiger partial charge in [0.1, 0.15) is 0 Å². The number of hydrogen-bond donors (Lipinski definition) is 0. The minimum absolute atomic E-state index is 0.801. The van der Waals surface area contributed by atoms with E-state index in [9.17, 15) is 0 Å². The van der Waals surface area contributed by atoms with Crippen LogP contribution in [0, 0.1) is 17.8 Å². The zero-order valence-electron chi connectivity index (χ0n) is 13.0. The van der Waals surface area contributed by atoms with Gasteiger partial charge in [0.2, 0.25) is 0 Å². The van der Waals surface area contributed by atoms with Crippen molar-refractivity contribution < 1.29 is 0 Å². The van der Waals surface area contributed by atoms with Crippen LogP contribution in [0.15, 0.2) is 0 Å². The third-order valence-electron chi connectivity index (χ3n) is 4.58. The molecule has 3 atom stereocenters. The Hall–Kier alpha value is -0.0800. The van der Waals surface area contributed by atoms with Gasteiger partial charge in [0.15, 0.2) is 0 Å². The highest BCUT2D eigenvalue weighted by molar-refractivity contribution is 4.95. The molecule has 2 rings (SSSR count). The second-order valence-electron chi connectivity index (χ2n) is 7.41. The predicted molar refractivity (Wildman–Crippen MR) is 78.8 cm³/mol. The van der Waals surface area contributed by atoms with E-state index in [1.165, 1.54) is 38.8 Å². The van der Waals surface area contributed by atoms with E-state index in [1.54, 1.807) is 0 Å². The second kappa shape index (κ2) is 5.92. The van der Waals surface area contributed by atoms with E-state index in [0.29, 0.717) is 0 Å². The molecule has 0 amide bonds. The molecule has 0 radical (unpaired) electrons. The molecule has 106 valence electrons. The fourth-order valence-electron chi connectivity index (χ4n) is 3.48. The smallest absolute Gasteiger partial charge is 0.0124 e. The number of rotatable bonds is 8. The van der Waals surface area contributed by atoms with Crippen molar-refractivity contribution in [2.45, 2.75) is 58.5 Å². The lowest BCUT2D eigenvalue weighted by molar-refractivity contribution is 0.243. The summed E-state index contributed by atoms with van der Waals surface area (Å²) in [5.41, 5.74) is 0. The number of hydrogen-bond acceptors (Lipinski definition) is 2. The lowest BCUT2D eigenvalue weighted by atomic mass is 10.0. The highest BCUT2D eigenvalue weighted by Gasteiger charge is 2.40. The third kappa shape index (κ3) is 4.24. The van der Waals surface area contributed by atoms with Gasteiger partial charge in [0.05, 0.1) is 0 Å². The summed E-state index contributed by atoms with van der Waals surface area (Å²) >= 11 is 0. The minimum Gasteiger partial charge on any atom is -0.303 e. The Morgan fingerprint density at radius 2 is 1.67 bits per heavy atom. The summed E-state index contributed by atoms with van der Waals surface area (Å²) in [6.45, 7) is 9.65. The van der Waals surface area contributed by atoms with E-state index in [-0.39, 0.29) is 0 Å². The Labute approximate surface area is 114 Å². The molecule has 2 saturated carbocycles. The quantitative estimate of drug-likeness (QED) is 0.655. The van der Waals surface area contributed by atoms with Crippen molar-refractivity contribution in [1.82, 2.24) is 9.80 Å². The van der Waals surface area contributed by atoms with Crippen LogP contribution in [0.25, 0.3) is 0 Å². The summed E-state index contributed by atoms with van der Waals surface area (Å²) < 4.78 is 0. The van der Waals surface area contributed by atoms with Gasteiger partial charge in [0.25, 0.3) is 0 Å². The molecule has 2 aliphatic rings. The standard InChI is InChI=1S/C16H32N2/c1-12(2)10-18(5)16-9-14(16)8-13(3)11-17(4)15-6-7-15/h12-16H,6-11H2,1-5H3. The molecule has 2 nitrogen and oxygen atoms in total. The largest absolute Gasteiger partial charge is 0.303 e. The molecule has 0 heterocycles. The van der Waals surface area contributed by atoms with Gasteiger partial charge in [-0.05, 0) is 57.5 Å². The van der Waals surface area contributed by atoms with Gasteiger partial charge < -0.3 is 9.80 Å². The lowest BCUT2D eigenvalue weighted by Crippen LogP contribution is -2.29. The van der Waals surface area contributed by atoms with Crippen LogP contribution in [0.4, 0.5) is 0 Å². The van der Waals surface area contributed by atoms with Crippen LogP contribution in [0.1, 0.15) is 46.5 Å². The molecule has 0 aromatic rings. The fraction of sp³-hybridized carbons (Fsp3) is 1.00. The van der Waals surface area contributed by atoms with Gasteiger partial charge >= 0.3 is 0 Å². The lowest BCUT2D eigenvalue weighted by Gasteiger charge is -2.22. The molecule has 0 bridgehead atoms. The van der Waals surface area contributed by atoms with E-state index in [4.69, 9.17) is 0 Å². The Kier molecular flexibility index (Phi) is 4.71. The Balaban J connectivity index is 1.62. The van der Waals surface area contributed by atoms with E-state index < -0.39 is 0 Å². The molecule has 0 N–H and O–H groups in total. The van der Waals surface area contributed by atoms with Crippen LogP contribution in [0.5, 0.6) is 0 Å². The number of nitrogens with zero attached hydrogens (tertiary/aromatic N) is 2. The molecule has 0 aromatic carbocycles. The summed E-state index contributed by atoms with van der Waals surface area (Å²) in [5.74, 6) is 2.66. The van der Waals surface area contributed by atoms with Crippen LogP contribution in [0.3, 0.4) is 0 Å². The monoisotopic (exact) mass is 252 g/mol. The average Bonchev–Trinajstić information content (AvgIpc) is 3.11. The van der Waals surface area contributed by atoms with Crippen LogP contribution in [0.2, 0.25) is 0 Å². The first kappa shape index (κ1) is 14.3. The third-order valence-corrected chi connectivity index (χ3v) is 4.58. The van der Waals surface area contributed by atoms with Crippen LogP contribution < -0.4 is 0 Å². The Morgan fingerprint density at radius 1 is 1.00 bits per heavy atom. The molecular formula is C16H32N2. The SMILES string of the molecule is CC(C)CN(C)C1CC1CC(C)CN(C)C1CC1. The summed E-state index contributed by atoms with van der Waals surface area (Å²) in [6.07, 6.45) is 5.75. The maximum absolute atomic E-state index is 2.59. The molecule has 0 aliphatic heterocycles.